The molecule has 96 valence electrons. The molecule has 0 aliphatic rings. The van der Waals surface area contributed by atoms with Crippen LogP contribution in [-0.4, -0.2) is 17.0 Å². The van der Waals surface area contributed by atoms with E-state index in [0.29, 0.717) is 12.1 Å². The molecule has 3 nitrogen and oxygen atoms in total. The first-order valence-electron chi connectivity index (χ1n) is 5.13. The van der Waals surface area contributed by atoms with Gasteiger partial charge in [0.25, 0.3) is 0 Å². The standard InChI is InChI=1S/C11H10F3N3S/c1-15-9-5-7(11(12,13)14)4-8(17-9)6-10-16-2-3-18-10/h2-5H,6H2,1H3,(H,15,17). The van der Waals surface area contributed by atoms with Crippen LogP contribution in [0.3, 0.4) is 0 Å². The van der Waals surface area contributed by atoms with Crippen molar-refractivity contribution in [2.45, 2.75) is 12.6 Å². The highest BCUT2D eigenvalue weighted by atomic mass is 32.1. The number of nitrogens with zero attached hydrogens (tertiary/aromatic N) is 2. The largest absolute Gasteiger partial charge is 0.416 e. The molecule has 0 aliphatic heterocycles. The first-order valence-corrected chi connectivity index (χ1v) is 6.01. The molecule has 2 aromatic heterocycles. The molecule has 7 heteroatoms. The Morgan fingerprint density at radius 1 is 1.33 bits per heavy atom. The van der Waals surface area contributed by atoms with Crippen molar-refractivity contribution in [2.75, 3.05) is 12.4 Å². The topological polar surface area (TPSA) is 37.8 Å². The van der Waals surface area contributed by atoms with Crippen molar-refractivity contribution in [3.63, 3.8) is 0 Å². The van der Waals surface area contributed by atoms with E-state index >= 15 is 0 Å². The Kier molecular flexibility index (Phi) is 3.51. The molecular weight excluding hydrogens is 263 g/mol. The quantitative estimate of drug-likeness (QED) is 0.933. The van der Waals surface area contributed by atoms with Gasteiger partial charge in [-0.3, -0.25) is 0 Å². The summed E-state index contributed by atoms with van der Waals surface area (Å²) < 4.78 is 38.1. The lowest BCUT2D eigenvalue weighted by Gasteiger charge is -2.10. The Bertz CT molecular complexity index is 523. The molecule has 0 fully saturated rings. The first-order chi connectivity index (χ1) is 8.49. The normalized spacial score (nSPS) is 11.6. The van der Waals surface area contributed by atoms with Gasteiger partial charge in [-0.25, -0.2) is 9.97 Å². The number of alkyl halides is 3. The van der Waals surface area contributed by atoms with E-state index in [4.69, 9.17) is 0 Å². The molecule has 1 N–H and O–H groups in total. The van der Waals surface area contributed by atoms with E-state index in [1.165, 1.54) is 18.4 Å². The third-order valence-electron chi connectivity index (χ3n) is 2.28. The number of hydrogen-bond donors (Lipinski definition) is 1. The highest BCUT2D eigenvalue weighted by Gasteiger charge is 2.31. The lowest BCUT2D eigenvalue weighted by Crippen LogP contribution is -2.08. The molecule has 0 saturated heterocycles. The van der Waals surface area contributed by atoms with Crippen molar-refractivity contribution in [1.82, 2.24) is 9.97 Å². The predicted octanol–water partition coefficient (Wildman–Crippen LogP) is 3.19. The van der Waals surface area contributed by atoms with Gasteiger partial charge in [0.05, 0.1) is 16.3 Å². The third kappa shape index (κ3) is 2.98. The Morgan fingerprint density at radius 3 is 2.67 bits per heavy atom. The van der Waals surface area contributed by atoms with E-state index in [1.807, 2.05) is 0 Å². The van der Waals surface area contributed by atoms with Gasteiger partial charge in [-0.1, -0.05) is 0 Å². The molecule has 18 heavy (non-hydrogen) atoms. The summed E-state index contributed by atoms with van der Waals surface area (Å²) in [6.07, 6.45) is -2.45. The number of pyridine rings is 1. The highest BCUT2D eigenvalue weighted by Crippen LogP contribution is 2.31. The molecule has 0 atom stereocenters. The van der Waals surface area contributed by atoms with E-state index in [2.05, 4.69) is 15.3 Å². The maximum atomic E-state index is 12.7. The minimum absolute atomic E-state index is 0.205. The molecule has 0 aliphatic carbocycles. The number of hydrogen-bond acceptors (Lipinski definition) is 4. The average Bonchev–Trinajstić information content (AvgIpc) is 2.80. The smallest absolute Gasteiger partial charge is 0.373 e. The summed E-state index contributed by atoms with van der Waals surface area (Å²) in [6, 6.07) is 2.05. The SMILES string of the molecule is CNc1cc(C(F)(F)F)cc(Cc2nccs2)n1. The molecule has 0 spiro atoms. The van der Waals surface area contributed by atoms with E-state index in [0.717, 1.165) is 17.1 Å². The lowest BCUT2D eigenvalue weighted by molar-refractivity contribution is -0.137. The van der Waals surface area contributed by atoms with Gasteiger partial charge in [-0.05, 0) is 12.1 Å². The number of rotatable bonds is 3. The Hall–Kier alpha value is -1.63. The second kappa shape index (κ2) is 4.93. The molecule has 0 radical (unpaired) electrons. The maximum absolute atomic E-state index is 12.7. The molecule has 0 amide bonds. The van der Waals surface area contributed by atoms with Gasteiger partial charge in [0.1, 0.15) is 5.82 Å². The summed E-state index contributed by atoms with van der Waals surface area (Å²) in [7, 11) is 1.54. The first kappa shape index (κ1) is 12.8. The molecule has 0 unspecified atom stereocenters. The van der Waals surface area contributed by atoms with Crippen LogP contribution in [0.15, 0.2) is 23.7 Å². The van der Waals surface area contributed by atoms with Gasteiger partial charge in [0.2, 0.25) is 0 Å². The number of aromatic nitrogens is 2. The Morgan fingerprint density at radius 2 is 2.11 bits per heavy atom. The molecule has 0 aromatic carbocycles. The second-order valence-corrected chi connectivity index (χ2v) is 4.56. The van der Waals surface area contributed by atoms with Gasteiger partial charge in [0, 0.05) is 25.0 Å². The average molecular weight is 273 g/mol. The lowest BCUT2D eigenvalue weighted by atomic mass is 10.2. The van der Waals surface area contributed by atoms with E-state index in [-0.39, 0.29) is 5.82 Å². The van der Waals surface area contributed by atoms with Crippen molar-refractivity contribution in [3.8, 4) is 0 Å². The minimum atomic E-state index is -4.37. The van der Waals surface area contributed by atoms with E-state index < -0.39 is 11.7 Å². The number of nitrogens with one attached hydrogen (secondary N) is 1. The summed E-state index contributed by atoms with van der Waals surface area (Å²) in [5.74, 6) is 0.205. The fraction of sp³-hybridized carbons (Fsp3) is 0.273. The maximum Gasteiger partial charge on any atom is 0.416 e. The Labute approximate surface area is 106 Å². The van der Waals surface area contributed by atoms with Crippen LogP contribution in [0.25, 0.3) is 0 Å². The summed E-state index contributed by atoms with van der Waals surface area (Å²) in [5, 5.41) is 5.15. The van der Waals surface area contributed by atoms with Crippen LogP contribution in [0.1, 0.15) is 16.3 Å². The van der Waals surface area contributed by atoms with Crippen LogP contribution in [0.4, 0.5) is 19.0 Å². The van der Waals surface area contributed by atoms with Crippen LogP contribution >= 0.6 is 11.3 Å². The van der Waals surface area contributed by atoms with Crippen LogP contribution in [0.2, 0.25) is 0 Å². The van der Waals surface area contributed by atoms with Gasteiger partial charge >= 0.3 is 6.18 Å². The highest BCUT2D eigenvalue weighted by molar-refractivity contribution is 7.09. The van der Waals surface area contributed by atoms with Gasteiger partial charge in [-0.15, -0.1) is 11.3 Å². The van der Waals surface area contributed by atoms with E-state index in [9.17, 15) is 13.2 Å². The van der Waals surface area contributed by atoms with Crippen LogP contribution in [0, 0.1) is 0 Å². The minimum Gasteiger partial charge on any atom is -0.373 e. The summed E-state index contributed by atoms with van der Waals surface area (Å²) >= 11 is 1.39. The molecule has 2 heterocycles. The van der Waals surface area contributed by atoms with E-state index in [1.54, 1.807) is 11.6 Å². The fourth-order valence-electron chi connectivity index (χ4n) is 1.47. The van der Waals surface area contributed by atoms with Crippen LogP contribution in [-0.2, 0) is 12.6 Å². The third-order valence-corrected chi connectivity index (χ3v) is 3.06. The number of thiazole rings is 1. The zero-order valence-electron chi connectivity index (χ0n) is 9.45. The van der Waals surface area contributed by atoms with Crippen LogP contribution < -0.4 is 5.32 Å². The van der Waals surface area contributed by atoms with Gasteiger partial charge < -0.3 is 5.32 Å². The van der Waals surface area contributed by atoms with Crippen molar-refractivity contribution >= 4 is 17.2 Å². The van der Waals surface area contributed by atoms with Gasteiger partial charge in [0.15, 0.2) is 0 Å². The molecule has 0 bridgehead atoms. The molecular formula is C11H10F3N3S. The van der Waals surface area contributed by atoms with Crippen molar-refractivity contribution < 1.29 is 13.2 Å². The summed E-state index contributed by atoms with van der Waals surface area (Å²) in [5.41, 5.74) is -0.350. The monoisotopic (exact) mass is 273 g/mol. The summed E-state index contributed by atoms with van der Waals surface area (Å²) in [4.78, 5) is 8.13. The number of anilines is 1. The summed E-state index contributed by atoms with van der Waals surface area (Å²) in [6.45, 7) is 0. The van der Waals surface area contributed by atoms with Crippen molar-refractivity contribution in [3.05, 3.63) is 40.0 Å². The van der Waals surface area contributed by atoms with Crippen molar-refractivity contribution in [1.29, 1.82) is 0 Å². The second-order valence-electron chi connectivity index (χ2n) is 3.58. The predicted molar refractivity (Wildman–Crippen MR) is 63.7 cm³/mol. The molecule has 2 aromatic rings. The zero-order valence-corrected chi connectivity index (χ0v) is 10.3. The molecule has 2 rings (SSSR count). The number of halogens is 3. The Balaban J connectivity index is 2.35. The molecule has 0 saturated carbocycles. The van der Waals surface area contributed by atoms with Gasteiger partial charge in [-0.2, -0.15) is 13.2 Å². The van der Waals surface area contributed by atoms with Crippen LogP contribution in [0.5, 0.6) is 0 Å². The van der Waals surface area contributed by atoms with Crippen molar-refractivity contribution in [2.24, 2.45) is 0 Å². The fourth-order valence-corrected chi connectivity index (χ4v) is 2.10. The zero-order chi connectivity index (χ0) is 13.2.